The maximum atomic E-state index is 5.96. The summed E-state index contributed by atoms with van der Waals surface area (Å²) in [6.07, 6.45) is 6.06. The lowest BCUT2D eigenvalue weighted by Crippen LogP contribution is -2.40. The molecule has 2 aromatic heterocycles. The maximum absolute atomic E-state index is 5.96. The first-order valence-corrected chi connectivity index (χ1v) is 7.85. The molecule has 1 fully saturated rings. The fraction of sp³-hybridized carbons (Fsp3) is 0.571. The summed E-state index contributed by atoms with van der Waals surface area (Å²) in [6, 6.07) is 0.311. The van der Waals surface area contributed by atoms with Crippen molar-refractivity contribution in [2.45, 2.75) is 38.5 Å². The zero-order valence-corrected chi connectivity index (χ0v) is 12.7. The van der Waals surface area contributed by atoms with Gasteiger partial charge in [-0.25, -0.2) is 9.97 Å². The smallest absolute Gasteiger partial charge is 0.139 e. The number of nitrogens with zero attached hydrogens (tertiary/aromatic N) is 3. The predicted octanol–water partition coefficient (Wildman–Crippen LogP) is 2.19. The molecule has 2 atom stereocenters. The number of aromatic nitrogens is 3. The summed E-state index contributed by atoms with van der Waals surface area (Å²) in [5.74, 6) is 1.00. The topological polar surface area (TPSA) is 52.0 Å². The number of hydrogen-bond acceptors (Lipinski definition) is 5. The zero-order chi connectivity index (χ0) is 13.9. The van der Waals surface area contributed by atoms with Crippen LogP contribution in [0.4, 0.5) is 0 Å². The molecule has 3 rings (SSSR count). The standard InChI is InChI=1S/C14H20N4OS/c1-10-12(20-9-17-10)8-16-11-4-3-7-19-13(11)14-15-5-6-18(14)2/h5-6,9,11,13,16H,3-4,7-8H2,1-2H3/t11-,13-/m0/s1. The summed E-state index contributed by atoms with van der Waals surface area (Å²) in [7, 11) is 2.02. The molecule has 0 saturated carbocycles. The van der Waals surface area contributed by atoms with Crippen LogP contribution < -0.4 is 5.32 Å². The molecule has 1 saturated heterocycles. The van der Waals surface area contributed by atoms with Crippen LogP contribution in [0.1, 0.15) is 35.3 Å². The third-order valence-corrected chi connectivity index (χ3v) is 4.74. The summed E-state index contributed by atoms with van der Waals surface area (Å²) >= 11 is 1.70. The highest BCUT2D eigenvalue weighted by atomic mass is 32.1. The van der Waals surface area contributed by atoms with Crippen molar-refractivity contribution in [1.29, 1.82) is 0 Å². The van der Waals surface area contributed by atoms with Gasteiger partial charge >= 0.3 is 0 Å². The van der Waals surface area contributed by atoms with E-state index in [2.05, 4.69) is 22.2 Å². The molecule has 2 aromatic rings. The zero-order valence-electron chi connectivity index (χ0n) is 11.9. The average molecular weight is 292 g/mol. The molecule has 0 aliphatic carbocycles. The van der Waals surface area contributed by atoms with Gasteiger partial charge < -0.3 is 14.6 Å². The highest BCUT2D eigenvalue weighted by Crippen LogP contribution is 2.27. The molecule has 3 heterocycles. The van der Waals surface area contributed by atoms with E-state index in [1.54, 1.807) is 11.3 Å². The normalized spacial score (nSPS) is 23.1. The molecule has 0 spiro atoms. The first-order valence-electron chi connectivity index (χ1n) is 6.97. The van der Waals surface area contributed by atoms with Gasteiger partial charge in [0.05, 0.1) is 11.2 Å². The number of imidazole rings is 1. The molecule has 5 nitrogen and oxygen atoms in total. The van der Waals surface area contributed by atoms with Crippen LogP contribution in [0.2, 0.25) is 0 Å². The average Bonchev–Trinajstić information content (AvgIpc) is 3.06. The van der Waals surface area contributed by atoms with E-state index in [4.69, 9.17) is 4.74 Å². The summed E-state index contributed by atoms with van der Waals surface area (Å²) in [6.45, 7) is 3.72. The van der Waals surface area contributed by atoms with E-state index in [1.807, 2.05) is 29.5 Å². The Labute approximate surface area is 123 Å². The van der Waals surface area contributed by atoms with Crippen LogP contribution in [0.25, 0.3) is 0 Å². The van der Waals surface area contributed by atoms with Gasteiger partial charge in [-0.3, -0.25) is 0 Å². The van der Waals surface area contributed by atoms with Gasteiger partial charge in [0.15, 0.2) is 0 Å². The van der Waals surface area contributed by atoms with Crippen molar-refractivity contribution < 1.29 is 4.74 Å². The second kappa shape index (κ2) is 6.03. The Bertz CT molecular complexity index is 565. The van der Waals surface area contributed by atoms with Gasteiger partial charge in [0.1, 0.15) is 11.9 Å². The molecule has 108 valence electrons. The molecule has 1 N–H and O–H groups in total. The Morgan fingerprint density at radius 2 is 2.40 bits per heavy atom. The Morgan fingerprint density at radius 1 is 1.50 bits per heavy atom. The largest absolute Gasteiger partial charge is 0.369 e. The van der Waals surface area contributed by atoms with E-state index in [0.29, 0.717) is 6.04 Å². The number of rotatable bonds is 4. The predicted molar refractivity (Wildman–Crippen MR) is 78.6 cm³/mol. The summed E-state index contributed by atoms with van der Waals surface area (Å²) < 4.78 is 8.00. The van der Waals surface area contributed by atoms with Crippen molar-refractivity contribution in [1.82, 2.24) is 19.9 Å². The van der Waals surface area contributed by atoms with E-state index < -0.39 is 0 Å². The van der Waals surface area contributed by atoms with Gasteiger partial charge in [0.2, 0.25) is 0 Å². The van der Waals surface area contributed by atoms with Gasteiger partial charge in [-0.1, -0.05) is 0 Å². The third-order valence-electron chi connectivity index (χ3n) is 3.80. The van der Waals surface area contributed by atoms with Crippen LogP contribution in [-0.2, 0) is 18.3 Å². The first-order chi connectivity index (χ1) is 9.75. The fourth-order valence-corrected chi connectivity index (χ4v) is 3.34. The fourth-order valence-electron chi connectivity index (χ4n) is 2.62. The summed E-state index contributed by atoms with van der Waals surface area (Å²) in [5.41, 5.74) is 3.02. The minimum atomic E-state index is 0.0389. The van der Waals surface area contributed by atoms with Crippen LogP contribution in [-0.4, -0.2) is 27.2 Å². The molecule has 0 amide bonds. The van der Waals surface area contributed by atoms with E-state index in [9.17, 15) is 0 Å². The van der Waals surface area contributed by atoms with E-state index in [0.717, 1.165) is 37.5 Å². The van der Waals surface area contributed by atoms with Crippen LogP contribution in [0.15, 0.2) is 17.9 Å². The Balaban J connectivity index is 1.70. The molecule has 20 heavy (non-hydrogen) atoms. The molecule has 1 aliphatic heterocycles. The lowest BCUT2D eigenvalue weighted by molar-refractivity contribution is -0.0177. The van der Waals surface area contributed by atoms with Crippen molar-refractivity contribution in [2.75, 3.05) is 6.61 Å². The van der Waals surface area contributed by atoms with Gasteiger partial charge in [0, 0.05) is 43.5 Å². The highest BCUT2D eigenvalue weighted by Gasteiger charge is 2.30. The first kappa shape index (κ1) is 13.7. The molecular formula is C14H20N4OS. The Morgan fingerprint density at radius 3 is 3.10 bits per heavy atom. The molecular weight excluding hydrogens is 272 g/mol. The number of aryl methyl sites for hydroxylation is 2. The van der Waals surface area contributed by atoms with Crippen LogP contribution >= 0.6 is 11.3 Å². The second-order valence-corrected chi connectivity index (χ2v) is 6.12. The summed E-state index contributed by atoms with van der Waals surface area (Å²) in [4.78, 5) is 10.0. The number of hydrogen-bond donors (Lipinski definition) is 1. The lowest BCUT2D eigenvalue weighted by Gasteiger charge is -2.32. The summed E-state index contributed by atoms with van der Waals surface area (Å²) in [5, 5.41) is 3.62. The number of nitrogens with one attached hydrogen (secondary N) is 1. The van der Waals surface area contributed by atoms with Gasteiger partial charge in [-0.05, 0) is 19.8 Å². The second-order valence-electron chi connectivity index (χ2n) is 5.18. The Kier molecular flexibility index (Phi) is 4.14. The van der Waals surface area contributed by atoms with Crippen molar-refractivity contribution in [3.8, 4) is 0 Å². The molecule has 1 aliphatic rings. The number of ether oxygens (including phenoxy) is 1. The third kappa shape index (κ3) is 2.77. The van der Waals surface area contributed by atoms with Crippen molar-refractivity contribution in [3.05, 3.63) is 34.3 Å². The van der Waals surface area contributed by atoms with Crippen LogP contribution in [0.3, 0.4) is 0 Å². The van der Waals surface area contributed by atoms with Crippen molar-refractivity contribution in [3.63, 3.8) is 0 Å². The van der Waals surface area contributed by atoms with Crippen LogP contribution in [0.5, 0.6) is 0 Å². The molecule has 0 bridgehead atoms. The minimum absolute atomic E-state index is 0.0389. The van der Waals surface area contributed by atoms with Gasteiger partial charge in [-0.15, -0.1) is 11.3 Å². The van der Waals surface area contributed by atoms with E-state index in [-0.39, 0.29) is 6.10 Å². The molecule has 0 aromatic carbocycles. The van der Waals surface area contributed by atoms with Crippen LogP contribution in [0, 0.1) is 6.92 Å². The molecule has 6 heteroatoms. The van der Waals surface area contributed by atoms with E-state index in [1.165, 1.54) is 4.88 Å². The Hall–Kier alpha value is -1.24. The van der Waals surface area contributed by atoms with Crippen molar-refractivity contribution in [2.24, 2.45) is 7.05 Å². The number of thiazole rings is 1. The quantitative estimate of drug-likeness (QED) is 0.938. The monoisotopic (exact) mass is 292 g/mol. The van der Waals surface area contributed by atoms with Crippen molar-refractivity contribution >= 4 is 11.3 Å². The van der Waals surface area contributed by atoms with E-state index >= 15 is 0 Å². The minimum Gasteiger partial charge on any atom is -0.369 e. The highest BCUT2D eigenvalue weighted by molar-refractivity contribution is 7.09. The van der Waals surface area contributed by atoms with Gasteiger partial charge in [-0.2, -0.15) is 0 Å². The maximum Gasteiger partial charge on any atom is 0.139 e. The molecule has 0 radical (unpaired) electrons. The molecule has 0 unspecified atom stereocenters. The lowest BCUT2D eigenvalue weighted by atomic mass is 10.0. The van der Waals surface area contributed by atoms with Gasteiger partial charge in [0.25, 0.3) is 0 Å². The SMILES string of the molecule is Cc1ncsc1CN[C@H]1CCCO[C@@H]1c1nccn1C.